The molecule has 2 saturated heterocycles. The second kappa shape index (κ2) is 4.34. The zero-order valence-corrected chi connectivity index (χ0v) is 10.3. The Kier molecular flexibility index (Phi) is 2.81. The van der Waals surface area contributed by atoms with E-state index in [1.54, 1.807) is 12.1 Å². The summed E-state index contributed by atoms with van der Waals surface area (Å²) >= 11 is 0. The average Bonchev–Trinajstić information content (AvgIpc) is 2.38. The number of nitrogens with zero attached hydrogens (tertiary/aromatic N) is 2. The van der Waals surface area contributed by atoms with Gasteiger partial charge in [-0.2, -0.15) is 5.26 Å². The zero-order valence-electron chi connectivity index (χ0n) is 10.3. The number of rotatable bonds is 1. The van der Waals surface area contributed by atoms with Crippen LogP contribution in [0.5, 0.6) is 0 Å². The van der Waals surface area contributed by atoms with Gasteiger partial charge >= 0.3 is 0 Å². The second-order valence-electron chi connectivity index (χ2n) is 5.45. The summed E-state index contributed by atoms with van der Waals surface area (Å²) in [5.74, 6) is 0. The lowest BCUT2D eigenvalue weighted by Gasteiger charge is -2.44. The van der Waals surface area contributed by atoms with E-state index in [1.807, 2.05) is 12.1 Å². The Bertz CT molecular complexity index is 482. The fourth-order valence-corrected chi connectivity index (χ4v) is 3.30. The first-order valence-electron chi connectivity index (χ1n) is 6.56. The van der Waals surface area contributed by atoms with Crippen molar-refractivity contribution in [3.8, 4) is 6.07 Å². The smallest absolute Gasteiger partial charge is 0.140 e. The van der Waals surface area contributed by atoms with Crippen LogP contribution in [-0.4, -0.2) is 22.2 Å². The Balaban J connectivity index is 1.92. The Morgan fingerprint density at radius 1 is 1.33 bits per heavy atom. The molecule has 0 spiro atoms. The lowest BCUT2D eigenvalue weighted by Crippen LogP contribution is -2.54. The maximum Gasteiger partial charge on any atom is 0.140 e. The fraction of sp³-hybridized carbons (Fsp3) is 0.571. The topological polar surface area (TPSA) is 68.9 Å². The van der Waals surface area contributed by atoms with Crippen molar-refractivity contribution in [2.45, 2.75) is 49.8 Å². The van der Waals surface area contributed by atoms with Crippen LogP contribution in [0.1, 0.15) is 43.5 Å². The van der Waals surface area contributed by atoms with Gasteiger partial charge in [-0.05, 0) is 37.8 Å². The number of hydrogen-bond donors (Lipinski definition) is 2. The molecule has 0 radical (unpaired) electrons. The number of nitriles is 1. The van der Waals surface area contributed by atoms with E-state index in [2.05, 4.69) is 10.3 Å². The molecule has 18 heavy (non-hydrogen) atoms. The minimum absolute atomic E-state index is 0.379. The van der Waals surface area contributed by atoms with Gasteiger partial charge in [-0.3, -0.25) is 0 Å². The highest BCUT2D eigenvalue weighted by Crippen LogP contribution is 2.38. The van der Waals surface area contributed by atoms with E-state index < -0.39 is 5.60 Å². The number of aromatic nitrogens is 1. The molecule has 2 fully saturated rings. The molecule has 94 valence electrons. The minimum Gasteiger partial charge on any atom is -0.383 e. The average molecular weight is 243 g/mol. The molecule has 2 aliphatic heterocycles. The summed E-state index contributed by atoms with van der Waals surface area (Å²) in [5, 5.41) is 23.3. The summed E-state index contributed by atoms with van der Waals surface area (Å²) in [5.41, 5.74) is 0.165. The third kappa shape index (κ3) is 2.00. The van der Waals surface area contributed by atoms with Gasteiger partial charge in [-0.1, -0.05) is 12.5 Å². The first-order valence-corrected chi connectivity index (χ1v) is 6.56. The summed E-state index contributed by atoms with van der Waals surface area (Å²) in [6.07, 6.45) is 4.88. The van der Waals surface area contributed by atoms with E-state index >= 15 is 0 Å². The molecule has 3 heterocycles. The Labute approximate surface area is 107 Å². The van der Waals surface area contributed by atoms with Gasteiger partial charge in [-0.15, -0.1) is 0 Å². The molecule has 0 amide bonds. The van der Waals surface area contributed by atoms with Gasteiger partial charge in [0.1, 0.15) is 17.4 Å². The van der Waals surface area contributed by atoms with E-state index in [0.717, 1.165) is 12.8 Å². The monoisotopic (exact) mass is 243 g/mol. The fourth-order valence-electron chi connectivity index (χ4n) is 3.30. The van der Waals surface area contributed by atoms with Crippen molar-refractivity contribution >= 4 is 0 Å². The van der Waals surface area contributed by atoms with Crippen LogP contribution >= 0.6 is 0 Å². The number of fused-ring (bicyclic) bond motifs is 2. The van der Waals surface area contributed by atoms with Crippen molar-refractivity contribution in [3.05, 3.63) is 29.6 Å². The van der Waals surface area contributed by atoms with Gasteiger partial charge in [0.25, 0.3) is 0 Å². The molecule has 3 rings (SSSR count). The molecule has 0 aliphatic carbocycles. The normalized spacial score (nSPS) is 34.9. The van der Waals surface area contributed by atoms with Gasteiger partial charge < -0.3 is 10.4 Å². The Morgan fingerprint density at radius 2 is 2.06 bits per heavy atom. The molecular formula is C14H17N3O. The van der Waals surface area contributed by atoms with Crippen LogP contribution in [-0.2, 0) is 5.60 Å². The van der Waals surface area contributed by atoms with Crippen molar-refractivity contribution in [1.29, 1.82) is 5.26 Å². The molecule has 4 heteroatoms. The molecule has 1 aromatic heterocycles. The number of aliphatic hydroxyl groups is 1. The van der Waals surface area contributed by atoms with E-state index in [-0.39, 0.29) is 0 Å². The molecule has 2 aliphatic rings. The van der Waals surface area contributed by atoms with Crippen LogP contribution in [0.25, 0.3) is 0 Å². The molecule has 2 atom stereocenters. The molecule has 0 aromatic carbocycles. The summed E-state index contributed by atoms with van der Waals surface area (Å²) in [4.78, 5) is 4.28. The number of pyridine rings is 1. The molecule has 0 saturated carbocycles. The van der Waals surface area contributed by atoms with Crippen molar-refractivity contribution in [1.82, 2.24) is 10.3 Å². The number of hydrogen-bond acceptors (Lipinski definition) is 4. The molecular weight excluding hydrogens is 226 g/mol. The molecule has 1 aromatic rings. The van der Waals surface area contributed by atoms with Crippen LogP contribution in [0, 0.1) is 11.3 Å². The summed E-state index contributed by atoms with van der Waals surface area (Å²) in [7, 11) is 0. The minimum atomic E-state index is -0.867. The molecule has 2 bridgehead atoms. The van der Waals surface area contributed by atoms with Gasteiger partial charge in [0, 0.05) is 12.1 Å². The predicted molar refractivity (Wildman–Crippen MR) is 66.6 cm³/mol. The van der Waals surface area contributed by atoms with Crippen molar-refractivity contribution in [2.75, 3.05) is 0 Å². The van der Waals surface area contributed by atoms with Crippen LogP contribution in [0.15, 0.2) is 18.2 Å². The first kappa shape index (κ1) is 11.6. The van der Waals surface area contributed by atoms with Crippen molar-refractivity contribution in [3.63, 3.8) is 0 Å². The lowest BCUT2D eigenvalue weighted by molar-refractivity contribution is -0.0392. The second-order valence-corrected chi connectivity index (χ2v) is 5.45. The Hall–Kier alpha value is -1.44. The highest BCUT2D eigenvalue weighted by atomic mass is 16.3. The SMILES string of the molecule is N#Cc1cccc(C2(O)CC3CCCC(C2)N3)n1. The third-order valence-corrected chi connectivity index (χ3v) is 4.09. The molecule has 4 nitrogen and oxygen atoms in total. The van der Waals surface area contributed by atoms with Gasteiger partial charge in [-0.25, -0.2) is 4.98 Å². The summed E-state index contributed by atoms with van der Waals surface area (Å²) in [6.45, 7) is 0. The number of piperidine rings is 2. The van der Waals surface area contributed by atoms with Crippen molar-refractivity contribution in [2.24, 2.45) is 0 Å². The standard InChI is InChI=1S/C14H17N3O/c15-9-12-5-2-6-13(17-12)14(18)7-10-3-1-4-11(8-14)16-10/h2,5-6,10-11,16,18H,1,3-4,7-8H2. The summed E-state index contributed by atoms with van der Waals surface area (Å²) < 4.78 is 0. The van der Waals surface area contributed by atoms with E-state index in [1.165, 1.54) is 6.42 Å². The van der Waals surface area contributed by atoms with Crippen LogP contribution in [0.4, 0.5) is 0 Å². The van der Waals surface area contributed by atoms with Crippen LogP contribution in [0.3, 0.4) is 0 Å². The van der Waals surface area contributed by atoms with Crippen LogP contribution < -0.4 is 5.32 Å². The van der Waals surface area contributed by atoms with Gasteiger partial charge in [0.15, 0.2) is 0 Å². The molecule has 2 unspecified atom stereocenters. The van der Waals surface area contributed by atoms with Gasteiger partial charge in [0.2, 0.25) is 0 Å². The maximum atomic E-state index is 10.9. The summed E-state index contributed by atoms with van der Waals surface area (Å²) in [6, 6.07) is 8.12. The van der Waals surface area contributed by atoms with Crippen molar-refractivity contribution < 1.29 is 5.11 Å². The lowest BCUT2D eigenvalue weighted by atomic mass is 9.75. The maximum absolute atomic E-state index is 10.9. The Morgan fingerprint density at radius 3 is 2.72 bits per heavy atom. The number of nitrogens with one attached hydrogen (secondary N) is 1. The zero-order chi connectivity index (χ0) is 12.6. The highest BCUT2D eigenvalue weighted by Gasteiger charge is 2.42. The third-order valence-electron chi connectivity index (χ3n) is 4.09. The largest absolute Gasteiger partial charge is 0.383 e. The van der Waals surface area contributed by atoms with E-state index in [9.17, 15) is 5.11 Å². The quantitative estimate of drug-likeness (QED) is 0.783. The first-order chi connectivity index (χ1) is 8.69. The van der Waals surface area contributed by atoms with Gasteiger partial charge in [0.05, 0.1) is 5.69 Å². The van der Waals surface area contributed by atoms with E-state index in [4.69, 9.17) is 5.26 Å². The van der Waals surface area contributed by atoms with Crippen LogP contribution in [0.2, 0.25) is 0 Å². The predicted octanol–water partition coefficient (Wildman–Crippen LogP) is 1.45. The van der Waals surface area contributed by atoms with E-state index in [0.29, 0.717) is 36.3 Å². The molecule has 2 N–H and O–H groups in total. The highest BCUT2D eigenvalue weighted by molar-refractivity contribution is 5.26.